The van der Waals surface area contributed by atoms with Crippen molar-refractivity contribution < 1.29 is 8.42 Å². The van der Waals surface area contributed by atoms with Crippen LogP contribution in [0.2, 0.25) is 0 Å². The Morgan fingerprint density at radius 3 is 2.18 bits per heavy atom. The van der Waals surface area contributed by atoms with Crippen LogP contribution in [0.25, 0.3) is 0 Å². The molecule has 0 amide bonds. The van der Waals surface area contributed by atoms with Crippen molar-refractivity contribution in [3.63, 3.8) is 0 Å². The summed E-state index contributed by atoms with van der Waals surface area (Å²) in [7, 11) is -3.32. The molecule has 4 heteroatoms. The fraction of sp³-hybridized carbons (Fsp3) is 0.615. The monoisotopic (exact) mass is 255 g/mol. The van der Waals surface area contributed by atoms with E-state index in [2.05, 4.69) is 4.98 Å². The predicted molar refractivity (Wildman–Crippen MR) is 70.0 cm³/mol. The number of aryl methyl sites for hydroxylation is 1. The van der Waals surface area contributed by atoms with Gasteiger partial charge in [-0.25, -0.2) is 13.4 Å². The standard InChI is InChI=1S/C13H21NO2S/c1-9(2)17(15,16)12-11(13(4,5)6)10(3)7-8-14-12/h7-9H,1-6H3. The molecule has 0 saturated carbocycles. The largest absolute Gasteiger partial charge is 0.244 e. The zero-order chi connectivity index (χ0) is 13.4. The Bertz CT molecular complexity index is 511. The van der Waals surface area contributed by atoms with Gasteiger partial charge in [0.15, 0.2) is 14.9 Å². The molecule has 96 valence electrons. The number of aromatic nitrogens is 1. The summed E-state index contributed by atoms with van der Waals surface area (Å²) >= 11 is 0. The molecule has 0 aliphatic rings. The maximum atomic E-state index is 12.3. The molecule has 0 N–H and O–H groups in total. The van der Waals surface area contributed by atoms with E-state index in [-0.39, 0.29) is 10.4 Å². The lowest BCUT2D eigenvalue weighted by atomic mass is 9.85. The lowest BCUT2D eigenvalue weighted by molar-refractivity contribution is 0.545. The maximum absolute atomic E-state index is 12.3. The van der Waals surface area contributed by atoms with Crippen LogP contribution in [0, 0.1) is 6.92 Å². The molecule has 0 aliphatic carbocycles. The van der Waals surface area contributed by atoms with Crippen molar-refractivity contribution in [2.24, 2.45) is 0 Å². The van der Waals surface area contributed by atoms with Crippen LogP contribution in [0.3, 0.4) is 0 Å². The van der Waals surface area contributed by atoms with Crippen molar-refractivity contribution >= 4 is 9.84 Å². The molecule has 3 nitrogen and oxygen atoms in total. The van der Waals surface area contributed by atoms with Gasteiger partial charge in [-0.3, -0.25) is 0 Å². The minimum atomic E-state index is -3.32. The number of hydrogen-bond acceptors (Lipinski definition) is 3. The SMILES string of the molecule is Cc1ccnc(S(=O)(=O)C(C)C)c1C(C)(C)C. The van der Waals surface area contributed by atoms with Crippen LogP contribution in [-0.2, 0) is 15.3 Å². The van der Waals surface area contributed by atoms with E-state index in [1.54, 1.807) is 20.0 Å². The smallest absolute Gasteiger partial charge is 0.198 e. The fourth-order valence-corrected chi connectivity index (χ4v) is 3.29. The molecule has 0 saturated heterocycles. The van der Waals surface area contributed by atoms with Gasteiger partial charge >= 0.3 is 0 Å². The second kappa shape index (κ2) is 4.41. The van der Waals surface area contributed by atoms with E-state index >= 15 is 0 Å². The van der Waals surface area contributed by atoms with Gasteiger partial charge in [0.1, 0.15) is 0 Å². The lowest BCUT2D eigenvalue weighted by Gasteiger charge is -2.24. The molecule has 0 aromatic carbocycles. The van der Waals surface area contributed by atoms with E-state index in [0.717, 1.165) is 11.1 Å². The van der Waals surface area contributed by atoms with Crippen molar-refractivity contribution in [3.8, 4) is 0 Å². The lowest BCUT2D eigenvalue weighted by Crippen LogP contribution is -2.24. The highest BCUT2D eigenvalue weighted by Gasteiger charge is 2.30. The maximum Gasteiger partial charge on any atom is 0.198 e. The number of rotatable bonds is 2. The van der Waals surface area contributed by atoms with Crippen LogP contribution in [0.5, 0.6) is 0 Å². The van der Waals surface area contributed by atoms with E-state index in [4.69, 9.17) is 0 Å². The van der Waals surface area contributed by atoms with E-state index < -0.39 is 15.1 Å². The summed E-state index contributed by atoms with van der Waals surface area (Å²) < 4.78 is 24.6. The molecule has 0 aliphatic heterocycles. The summed E-state index contributed by atoms with van der Waals surface area (Å²) in [6.07, 6.45) is 1.57. The minimum Gasteiger partial charge on any atom is -0.244 e. The van der Waals surface area contributed by atoms with Crippen LogP contribution in [-0.4, -0.2) is 18.7 Å². The molecule has 0 bridgehead atoms. The number of sulfone groups is 1. The van der Waals surface area contributed by atoms with E-state index in [1.165, 1.54) is 0 Å². The number of nitrogens with zero attached hydrogens (tertiary/aromatic N) is 1. The predicted octanol–water partition coefficient (Wildman–Crippen LogP) is 2.87. The van der Waals surface area contributed by atoms with Crippen molar-refractivity contribution in [2.45, 2.75) is 57.2 Å². The van der Waals surface area contributed by atoms with Crippen molar-refractivity contribution in [3.05, 3.63) is 23.4 Å². The van der Waals surface area contributed by atoms with Crippen molar-refractivity contribution in [1.82, 2.24) is 4.98 Å². The Labute approximate surface area is 104 Å². The minimum absolute atomic E-state index is 0.227. The van der Waals surface area contributed by atoms with E-state index in [9.17, 15) is 8.42 Å². The van der Waals surface area contributed by atoms with Gasteiger partial charge in [-0.1, -0.05) is 20.8 Å². The van der Waals surface area contributed by atoms with Crippen LogP contribution in [0.1, 0.15) is 45.7 Å². The molecule has 0 radical (unpaired) electrons. The van der Waals surface area contributed by atoms with Gasteiger partial charge in [0.25, 0.3) is 0 Å². The van der Waals surface area contributed by atoms with Crippen LogP contribution < -0.4 is 0 Å². The first-order chi connectivity index (χ1) is 7.58. The van der Waals surface area contributed by atoms with Gasteiger partial charge in [0, 0.05) is 6.20 Å². The van der Waals surface area contributed by atoms with Crippen molar-refractivity contribution in [1.29, 1.82) is 0 Å². The molecular weight excluding hydrogens is 234 g/mol. The van der Waals surface area contributed by atoms with Crippen LogP contribution in [0.4, 0.5) is 0 Å². The number of hydrogen-bond donors (Lipinski definition) is 0. The summed E-state index contributed by atoms with van der Waals surface area (Å²) in [5.74, 6) is 0. The summed E-state index contributed by atoms with van der Waals surface area (Å²) in [6.45, 7) is 11.3. The quantitative estimate of drug-likeness (QED) is 0.816. The third-order valence-electron chi connectivity index (χ3n) is 2.76. The summed E-state index contributed by atoms with van der Waals surface area (Å²) in [5.41, 5.74) is 1.58. The average Bonchev–Trinajstić information content (AvgIpc) is 2.14. The third kappa shape index (κ3) is 2.68. The summed E-state index contributed by atoms with van der Waals surface area (Å²) in [5, 5.41) is -0.210. The van der Waals surface area contributed by atoms with Gasteiger partial charge in [-0.05, 0) is 43.4 Å². The van der Waals surface area contributed by atoms with Crippen LogP contribution >= 0.6 is 0 Å². The van der Waals surface area contributed by atoms with Gasteiger partial charge < -0.3 is 0 Å². The molecule has 17 heavy (non-hydrogen) atoms. The molecule has 0 spiro atoms. The molecule has 1 aromatic heterocycles. The highest BCUT2D eigenvalue weighted by Crippen LogP contribution is 2.31. The van der Waals surface area contributed by atoms with Gasteiger partial charge in [0.2, 0.25) is 0 Å². The van der Waals surface area contributed by atoms with Gasteiger partial charge in [0.05, 0.1) is 5.25 Å². The first-order valence-electron chi connectivity index (χ1n) is 5.78. The van der Waals surface area contributed by atoms with E-state index in [0.29, 0.717) is 0 Å². The zero-order valence-corrected chi connectivity index (χ0v) is 12.2. The second-order valence-electron chi connectivity index (χ2n) is 5.65. The Hall–Kier alpha value is -0.900. The van der Waals surface area contributed by atoms with Gasteiger partial charge in [-0.15, -0.1) is 0 Å². The average molecular weight is 255 g/mol. The first kappa shape index (κ1) is 14.2. The van der Waals surface area contributed by atoms with Gasteiger partial charge in [-0.2, -0.15) is 0 Å². The summed E-state index contributed by atoms with van der Waals surface area (Å²) in [4.78, 5) is 4.11. The zero-order valence-electron chi connectivity index (χ0n) is 11.4. The highest BCUT2D eigenvalue weighted by atomic mass is 32.2. The molecule has 0 atom stereocenters. The molecule has 0 unspecified atom stereocenters. The van der Waals surface area contributed by atoms with E-state index in [1.807, 2.05) is 33.8 Å². The molecule has 1 aromatic rings. The normalized spacial score (nSPS) is 13.1. The first-order valence-corrected chi connectivity index (χ1v) is 7.33. The topological polar surface area (TPSA) is 47.0 Å². The molecule has 1 rings (SSSR count). The van der Waals surface area contributed by atoms with Crippen molar-refractivity contribution in [2.75, 3.05) is 0 Å². The Kier molecular flexibility index (Phi) is 3.67. The Morgan fingerprint density at radius 2 is 1.76 bits per heavy atom. The molecule has 0 fully saturated rings. The molecule has 1 heterocycles. The Balaban J connectivity index is 3.63. The summed E-state index contributed by atoms with van der Waals surface area (Å²) in [6, 6.07) is 1.86. The number of pyridine rings is 1. The second-order valence-corrected chi connectivity index (χ2v) is 8.07. The third-order valence-corrected chi connectivity index (χ3v) is 4.85. The van der Waals surface area contributed by atoms with Crippen LogP contribution in [0.15, 0.2) is 17.3 Å². The Morgan fingerprint density at radius 1 is 1.24 bits per heavy atom. The molecular formula is C13H21NO2S. The highest BCUT2D eigenvalue weighted by molar-refractivity contribution is 7.92. The fourth-order valence-electron chi connectivity index (χ4n) is 1.88.